The number of rotatable bonds is 5. The lowest BCUT2D eigenvalue weighted by atomic mass is 10.1. The number of carbonyl (C=O) groups excluding carboxylic acids is 2. The normalized spacial score (nSPS) is 21.5. The van der Waals surface area contributed by atoms with Gasteiger partial charge in [0, 0.05) is 12.1 Å². The van der Waals surface area contributed by atoms with Crippen LogP contribution in [0, 0.1) is 5.41 Å². The number of amides is 2. The predicted molar refractivity (Wildman–Crippen MR) is 91.4 cm³/mol. The summed E-state index contributed by atoms with van der Waals surface area (Å²) >= 11 is 17.9. The molecule has 1 aliphatic carbocycles. The molecule has 0 heterocycles. The second kappa shape index (κ2) is 6.38. The Bertz CT molecular complexity index is 651. The van der Waals surface area contributed by atoms with Crippen molar-refractivity contribution < 1.29 is 14.3 Å². The zero-order chi connectivity index (χ0) is 17.4. The summed E-state index contributed by atoms with van der Waals surface area (Å²) in [5.41, 5.74) is -0.411. The van der Waals surface area contributed by atoms with Gasteiger partial charge < -0.3 is 15.0 Å². The van der Waals surface area contributed by atoms with Gasteiger partial charge in [0.05, 0.1) is 24.8 Å². The van der Waals surface area contributed by atoms with Crippen LogP contribution in [0.5, 0.6) is 5.75 Å². The van der Waals surface area contributed by atoms with Gasteiger partial charge in [0.2, 0.25) is 11.8 Å². The van der Waals surface area contributed by atoms with Crippen LogP contribution in [-0.2, 0) is 9.59 Å². The van der Waals surface area contributed by atoms with E-state index in [0.29, 0.717) is 22.9 Å². The molecule has 0 bridgehead atoms. The van der Waals surface area contributed by atoms with Crippen LogP contribution >= 0.6 is 34.8 Å². The zero-order valence-corrected chi connectivity index (χ0v) is 15.2. The molecule has 1 unspecified atom stereocenters. The third-order valence-corrected chi connectivity index (χ3v) is 5.23. The van der Waals surface area contributed by atoms with E-state index >= 15 is 0 Å². The van der Waals surface area contributed by atoms with E-state index in [1.54, 1.807) is 25.1 Å². The van der Waals surface area contributed by atoms with E-state index in [1.807, 2.05) is 0 Å². The highest BCUT2D eigenvalue weighted by Gasteiger charge is 2.68. The minimum Gasteiger partial charge on any atom is -0.495 e. The monoisotopic (exact) mass is 378 g/mol. The number of carbonyl (C=O) groups is 2. The van der Waals surface area contributed by atoms with Gasteiger partial charge in [0.1, 0.15) is 10.1 Å². The van der Waals surface area contributed by atoms with Crippen LogP contribution in [0.1, 0.15) is 13.3 Å². The number of alkyl halides is 2. The lowest BCUT2D eigenvalue weighted by molar-refractivity contribution is -0.137. The predicted octanol–water partition coefficient (Wildman–Crippen LogP) is 3.33. The number of hydrogen-bond donors (Lipinski definition) is 1. The molecule has 1 aromatic carbocycles. The molecule has 1 atom stereocenters. The molecule has 2 rings (SSSR count). The first kappa shape index (κ1) is 18.2. The number of anilines is 1. The maximum absolute atomic E-state index is 12.3. The van der Waals surface area contributed by atoms with E-state index < -0.39 is 9.75 Å². The number of hydrogen-bond acceptors (Lipinski definition) is 3. The fraction of sp³-hybridized carbons (Fsp3) is 0.467. The van der Waals surface area contributed by atoms with Gasteiger partial charge in [-0.05, 0) is 31.5 Å². The van der Waals surface area contributed by atoms with Gasteiger partial charge in [-0.15, -0.1) is 23.2 Å². The van der Waals surface area contributed by atoms with Gasteiger partial charge in [-0.1, -0.05) is 11.6 Å². The summed E-state index contributed by atoms with van der Waals surface area (Å²) in [6.07, 6.45) is 0.371. The van der Waals surface area contributed by atoms with Crippen LogP contribution in [-0.4, -0.2) is 41.7 Å². The number of benzene rings is 1. The molecule has 0 radical (unpaired) electrons. The van der Waals surface area contributed by atoms with Crippen LogP contribution in [0.3, 0.4) is 0 Å². The minimum absolute atomic E-state index is 0.131. The first-order valence-electron chi connectivity index (χ1n) is 6.87. The van der Waals surface area contributed by atoms with Gasteiger partial charge in [0.25, 0.3) is 0 Å². The van der Waals surface area contributed by atoms with Crippen molar-refractivity contribution in [3.8, 4) is 5.75 Å². The molecule has 2 amide bonds. The van der Waals surface area contributed by atoms with Crippen LogP contribution in [0.25, 0.3) is 0 Å². The van der Waals surface area contributed by atoms with Crippen molar-refractivity contribution in [2.45, 2.75) is 17.7 Å². The Hall–Kier alpha value is -1.17. The van der Waals surface area contributed by atoms with Gasteiger partial charge in [0.15, 0.2) is 0 Å². The zero-order valence-electron chi connectivity index (χ0n) is 13.0. The molecule has 0 aliphatic heterocycles. The highest BCUT2D eigenvalue weighted by Crippen LogP contribution is 2.64. The Morgan fingerprint density at radius 3 is 2.52 bits per heavy atom. The maximum Gasteiger partial charge on any atom is 0.244 e. The van der Waals surface area contributed by atoms with Crippen LogP contribution < -0.4 is 10.1 Å². The second-order valence-electron chi connectivity index (χ2n) is 5.77. The molecule has 1 N–H and O–H groups in total. The summed E-state index contributed by atoms with van der Waals surface area (Å²) in [5.74, 6) is -0.164. The molecule has 8 heteroatoms. The van der Waals surface area contributed by atoms with E-state index in [1.165, 1.54) is 19.1 Å². The fourth-order valence-electron chi connectivity index (χ4n) is 2.31. The van der Waals surface area contributed by atoms with Gasteiger partial charge in [-0.3, -0.25) is 9.59 Å². The van der Waals surface area contributed by atoms with E-state index in [4.69, 9.17) is 39.5 Å². The summed E-state index contributed by atoms with van der Waals surface area (Å²) in [5, 5.41) is 3.14. The summed E-state index contributed by atoms with van der Waals surface area (Å²) in [6, 6.07) is 4.87. The van der Waals surface area contributed by atoms with Crippen molar-refractivity contribution in [1.82, 2.24) is 4.90 Å². The number of ether oxygens (including phenoxy) is 1. The Kier molecular flexibility index (Phi) is 5.04. The Morgan fingerprint density at radius 1 is 1.39 bits per heavy atom. The Morgan fingerprint density at radius 2 is 2.00 bits per heavy atom. The molecule has 1 saturated carbocycles. The summed E-state index contributed by atoms with van der Waals surface area (Å²) < 4.78 is 4.09. The molecule has 0 spiro atoms. The van der Waals surface area contributed by atoms with Gasteiger partial charge in [-0.2, -0.15) is 0 Å². The van der Waals surface area contributed by atoms with Crippen LogP contribution in [0.4, 0.5) is 5.69 Å². The SMILES string of the molecule is COc1ccc(Cl)cc1NC(=O)CN(C)C(=O)C1(C)CC1(Cl)Cl. The largest absolute Gasteiger partial charge is 0.495 e. The van der Waals surface area contributed by atoms with Crippen molar-refractivity contribution in [3.63, 3.8) is 0 Å². The molecule has 1 fully saturated rings. The standard InChI is InChI=1S/C15H17Cl3N2O3/c1-14(8-15(14,17)18)13(22)20(2)7-12(21)19-10-6-9(16)4-5-11(10)23-3/h4-6H,7-8H2,1-3H3,(H,19,21). The van der Waals surface area contributed by atoms with E-state index in [9.17, 15) is 9.59 Å². The second-order valence-corrected chi connectivity index (χ2v) is 7.69. The lowest BCUT2D eigenvalue weighted by Gasteiger charge is -2.22. The average Bonchev–Trinajstić information content (AvgIpc) is 2.98. The van der Waals surface area contributed by atoms with E-state index in [-0.39, 0.29) is 18.4 Å². The average molecular weight is 380 g/mol. The van der Waals surface area contributed by atoms with Crippen LogP contribution in [0.15, 0.2) is 18.2 Å². The third-order valence-electron chi connectivity index (χ3n) is 3.89. The molecular formula is C15H17Cl3N2O3. The molecule has 1 aromatic rings. The molecule has 0 saturated heterocycles. The highest BCUT2D eigenvalue weighted by molar-refractivity contribution is 6.53. The fourth-order valence-corrected chi connectivity index (χ4v) is 3.18. The van der Waals surface area contributed by atoms with Crippen molar-refractivity contribution in [3.05, 3.63) is 23.2 Å². The van der Waals surface area contributed by atoms with Crippen molar-refractivity contribution in [2.24, 2.45) is 5.41 Å². The Balaban J connectivity index is 2.00. The molecular weight excluding hydrogens is 363 g/mol. The molecule has 5 nitrogen and oxygen atoms in total. The van der Waals surface area contributed by atoms with Crippen LogP contribution in [0.2, 0.25) is 5.02 Å². The Labute approximate surface area is 149 Å². The number of methoxy groups -OCH3 is 1. The topological polar surface area (TPSA) is 58.6 Å². The minimum atomic E-state index is -1.06. The van der Waals surface area contributed by atoms with Gasteiger partial charge >= 0.3 is 0 Å². The van der Waals surface area contributed by atoms with Gasteiger partial charge in [-0.25, -0.2) is 0 Å². The highest BCUT2D eigenvalue weighted by atomic mass is 35.5. The van der Waals surface area contributed by atoms with E-state index in [2.05, 4.69) is 5.32 Å². The van der Waals surface area contributed by atoms with E-state index in [0.717, 1.165) is 0 Å². The smallest absolute Gasteiger partial charge is 0.244 e. The summed E-state index contributed by atoms with van der Waals surface area (Å²) in [6.45, 7) is 1.55. The lowest BCUT2D eigenvalue weighted by Crippen LogP contribution is -2.40. The molecule has 1 aliphatic rings. The third kappa shape index (κ3) is 3.67. The molecule has 23 heavy (non-hydrogen) atoms. The number of likely N-dealkylation sites (N-methyl/N-ethyl adjacent to an activating group) is 1. The first-order chi connectivity index (χ1) is 10.6. The summed E-state index contributed by atoms with van der Waals surface area (Å²) in [4.78, 5) is 25.8. The van der Waals surface area contributed by atoms with Crippen molar-refractivity contribution in [1.29, 1.82) is 0 Å². The number of nitrogens with zero attached hydrogens (tertiary/aromatic N) is 1. The van der Waals surface area contributed by atoms with Crippen molar-refractivity contribution in [2.75, 3.05) is 26.0 Å². The molecule has 126 valence electrons. The first-order valence-corrected chi connectivity index (χ1v) is 8.01. The number of halogens is 3. The molecule has 0 aromatic heterocycles. The maximum atomic E-state index is 12.3. The number of nitrogens with one attached hydrogen (secondary N) is 1. The van der Waals surface area contributed by atoms with Crippen molar-refractivity contribution >= 4 is 52.3 Å². The summed E-state index contributed by atoms with van der Waals surface area (Å²) in [7, 11) is 3.02. The quantitative estimate of drug-likeness (QED) is 0.798.